The zero-order chi connectivity index (χ0) is 13.1. The molecular formula is C14H23N3O2. The smallest absolute Gasteiger partial charge is 0.136 e. The summed E-state index contributed by atoms with van der Waals surface area (Å²) in [5, 5.41) is 0. The molecule has 1 N–H and O–H groups in total. The third-order valence-corrected chi connectivity index (χ3v) is 4.04. The molecule has 2 fully saturated rings. The van der Waals surface area contributed by atoms with Gasteiger partial charge in [-0.05, 0) is 25.7 Å². The fraction of sp³-hybridized carbons (Fsp3) is 0.786. The SMILES string of the molecule is Cc1cnc(C2CN(CC3CCOCC3)CCO2)[nH]1. The first-order chi connectivity index (χ1) is 9.31. The molecule has 3 rings (SSSR count). The van der Waals surface area contributed by atoms with Crippen molar-refractivity contribution in [1.82, 2.24) is 14.9 Å². The number of aromatic nitrogens is 2. The number of imidazole rings is 1. The second kappa shape index (κ2) is 6.03. The minimum atomic E-state index is 0.0993. The highest BCUT2D eigenvalue weighted by Crippen LogP contribution is 2.22. The van der Waals surface area contributed by atoms with Gasteiger partial charge >= 0.3 is 0 Å². The number of aromatic amines is 1. The van der Waals surface area contributed by atoms with Crippen molar-refractivity contribution in [2.24, 2.45) is 5.92 Å². The largest absolute Gasteiger partial charge is 0.381 e. The molecule has 2 aliphatic heterocycles. The van der Waals surface area contributed by atoms with Crippen LogP contribution in [0.15, 0.2) is 6.20 Å². The standard InChI is InChI=1S/C14H23N3O2/c1-11-8-15-14(16-11)13-10-17(4-7-19-13)9-12-2-5-18-6-3-12/h8,12-13H,2-7,9-10H2,1H3,(H,15,16). The first kappa shape index (κ1) is 13.1. The molecule has 1 unspecified atom stereocenters. The molecule has 0 aliphatic carbocycles. The second-order valence-electron chi connectivity index (χ2n) is 5.63. The van der Waals surface area contributed by atoms with Crippen molar-refractivity contribution in [2.75, 3.05) is 39.5 Å². The van der Waals surface area contributed by atoms with Crippen molar-refractivity contribution in [2.45, 2.75) is 25.9 Å². The van der Waals surface area contributed by atoms with Crippen molar-refractivity contribution >= 4 is 0 Å². The quantitative estimate of drug-likeness (QED) is 0.900. The van der Waals surface area contributed by atoms with E-state index in [1.165, 1.54) is 19.4 Å². The van der Waals surface area contributed by atoms with Crippen LogP contribution in [0.3, 0.4) is 0 Å². The molecule has 0 saturated carbocycles. The summed E-state index contributed by atoms with van der Waals surface area (Å²) in [6, 6.07) is 0. The lowest BCUT2D eigenvalue weighted by Gasteiger charge is -2.35. The van der Waals surface area contributed by atoms with Crippen molar-refractivity contribution in [1.29, 1.82) is 0 Å². The summed E-state index contributed by atoms with van der Waals surface area (Å²) >= 11 is 0. The molecule has 1 aromatic heterocycles. The Hall–Kier alpha value is -0.910. The number of ether oxygens (including phenoxy) is 2. The molecule has 0 aromatic carbocycles. The molecule has 2 saturated heterocycles. The Labute approximate surface area is 114 Å². The molecule has 2 aliphatic rings. The van der Waals surface area contributed by atoms with E-state index < -0.39 is 0 Å². The lowest BCUT2D eigenvalue weighted by atomic mass is 9.99. The zero-order valence-corrected chi connectivity index (χ0v) is 11.6. The predicted molar refractivity (Wildman–Crippen MR) is 72.0 cm³/mol. The molecule has 1 atom stereocenters. The van der Waals surface area contributed by atoms with Crippen LogP contribution in [-0.4, -0.2) is 54.3 Å². The van der Waals surface area contributed by atoms with Gasteiger partial charge in [0.2, 0.25) is 0 Å². The minimum Gasteiger partial charge on any atom is -0.381 e. The fourth-order valence-electron chi connectivity index (χ4n) is 2.92. The van der Waals surface area contributed by atoms with Gasteiger partial charge in [0.05, 0.1) is 6.61 Å². The summed E-state index contributed by atoms with van der Waals surface area (Å²) in [5.41, 5.74) is 1.10. The van der Waals surface area contributed by atoms with E-state index >= 15 is 0 Å². The van der Waals surface area contributed by atoms with E-state index in [-0.39, 0.29) is 6.10 Å². The van der Waals surface area contributed by atoms with Crippen LogP contribution >= 0.6 is 0 Å². The van der Waals surface area contributed by atoms with Gasteiger partial charge in [0.1, 0.15) is 11.9 Å². The van der Waals surface area contributed by atoms with Gasteiger partial charge in [-0.15, -0.1) is 0 Å². The van der Waals surface area contributed by atoms with Gasteiger partial charge in [-0.1, -0.05) is 0 Å². The van der Waals surface area contributed by atoms with Crippen LogP contribution in [-0.2, 0) is 9.47 Å². The normalized spacial score (nSPS) is 26.7. The average molecular weight is 265 g/mol. The van der Waals surface area contributed by atoms with Crippen LogP contribution in [0.25, 0.3) is 0 Å². The molecule has 5 nitrogen and oxygen atoms in total. The fourth-order valence-corrected chi connectivity index (χ4v) is 2.92. The first-order valence-electron chi connectivity index (χ1n) is 7.24. The van der Waals surface area contributed by atoms with Crippen LogP contribution in [0.1, 0.15) is 30.5 Å². The summed E-state index contributed by atoms with van der Waals surface area (Å²) in [6.45, 7) is 7.83. The molecule has 0 spiro atoms. The third-order valence-electron chi connectivity index (χ3n) is 4.04. The molecule has 5 heteroatoms. The maximum absolute atomic E-state index is 5.84. The van der Waals surface area contributed by atoms with Gasteiger partial charge in [-0.3, -0.25) is 4.90 Å². The molecule has 0 bridgehead atoms. The lowest BCUT2D eigenvalue weighted by molar-refractivity contribution is -0.0445. The van der Waals surface area contributed by atoms with Gasteiger partial charge in [0.15, 0.2) is 0 Å². The Morgan fingerprint density at radius 2 is 2.21 bits per heavy atom. The highest BCUT2D eigenvalue weighted by atomic mass is 16.5. The molecule has 19 heavy (non-hydrogen) atoms. The average Bonchev–Trinajstić information content (AvgIpc) is 2.87. The maximum Gasteiger partial charge on any atom is 0.136 e. The van der Waals surface area contributed by atoms with Crippen molar-refractivity contribution in [3.05, 3.63) is 17.7 Å². The number of rotatable bonds is 3. The Balaban J connectivity index is 1.55. The highest BCUT2D eigenvalue weighted by Gasteiger charge is 2.26. The number of nitrogens with one attached hydrogen (secondary N) is 1. The summed E-state index contributed by atoms with van der Waals surface area (Å²) < 4.78 is 11.3. The molecular weight excluding hydrogens is 242 g/mol. The Morgan fingerprint density at radius 3 is 2.95 bits per heavy atom. The predicted octanol–water partition coefficient (Wildman–Crippen LogP) is 1.52. The summed E-state index contributed by atoms with van der Waals surface area (Å²) in [7, 11) is 0. The topological polar surface area (TPSA) is 50.4 Å². The van der Waals surface area contributed by atoms with Crippen molar-refractivity contribution < 1.29 is 9.47 Å². The summed E-state index contributed by atoms with van der Waals surface area (Å²) in [5.74, 6) is 1.75. The molecule has 106 valence electrons. The Bertz CT molecular complexity index is 401. The number of hydrogen-bond acceptors (Lipinski definition) is 4. The van der Waals surface area contributed by atoms with Crippen LogP contribution < -0.4 is 0 Å². The van der Waals surface area contributed by atoms with E-state index in [2.05, 4.69) is 14.9 Å². The van der Waals surface area contributed by atoms with Crippen LogP contribution in [0, 0.1) is 12.8 Å². The third kappa shape index (κ3) is 3.35. The minimum absolute atomic E-state index is 0.0993. The van der Waals surface area contributed by atoms with E-state index in [0.717, 1.165) is 50.3 Å². The van der Waals surface area contributed by atoms with E-state index in [1.807, 2.05) is 13.1 Å². The van der Waals surface area contributed by atoms with Crippen molar-refractivity contribution in [3.8, 4) is 0 Å². The van der Waals surface area contributed by atoms with E-state index in [9.17, 15) is 0 Å². The summed E-state index contributed by atoms with van der Waals surface area (Å²) in [6.07, 6.45) is 4.36. The van der Waals surface area contributed by atoms with Crippen LogP contribution in [0.4, 0.5) is 0 Å². The van der Waals surface area contributed by atoms with Gasteiger partial charge in [-0.2, -0.15) is 0 Å². The second-order valence-corrected chi connectivity index (χ2v) is 5.63. The van der Waals surface area contributed by atoms with E-state index in [4.69, 9.17) is 9.47 Å². The molecule has 1 aromatic rings. The van der Waals surface area contributed by atoms with Gasteiger partial charge in [0, 0.05) is 44.7 Å². The van der Waals surface area contributed by atoms with Gasteiger partial charge < -0.3 is 14.5 Å². The zero-order valence-electron chi connectivity index (χ0n) is 11.6. The van der Waals surface area contributed by atoms with Gasteiger partial charge in [-0.25, -0.2) is 4.98 Å². The Morgan fingerprint density at radius 1 is 1.37 bits per heavy atom. The highest BCUT2D eigenvalue weighted by molar-refractivity contribution is 5.02. The van der Waals surface area contributed by atoms with Crippen LogP contribution in [0.2, 0.25) is 0 Å². The maximum atomic E-state index is 5.84. The molecule has 3 heterocycles. The number of morpholine rings is 1. The first-order valence-corrected chi connectivity index (χ1v) is 7.24. The number of H-pyrrole nitrogens is 1. The van der Waals surface area contributed by atoms with Crippen LogP contribution in [0.5, 0.6) is 0 Å². The molecule has 0 amide bonds. The van der Waals surface area contributed by atoms with Gasteiger partial charge in [0.25, 0.3) is 0 Å². The number of nitrogens with zero attached hydrogens (tertiary/aromatic N) is 2. The van der Waals surface area contributed by atoms with E-state index in [1.54, 1.807) is 0 Å². The lowest BCUT2D eigenvalue weighted by Crippen LogP contribution is -2.42. The molecule has 0 radical (unpaired) electrons. The Kier molecular flexibility index (Phi) is 4.15. The van der Waals surface area contributed by atoms with E-state index in [0.29, 0.717) is 0 Å². The number of aryl methyl sites for hydroxylation is 1. The monoisotopic (exact) mass is 265 g/mol. The number of hydrogen-bond donors (Lipinski definition) is 1. The summed E-state index contributed by atoms with van der Waals surface area (Å²) in [4.78, 5) is 10.2. The van der Waals surface area contributed by atoms with Crippen molar-refractivity contribution in [3.63, 3.8) is 0 Å².